The average Bonchev–Trinajstić information content (AvgIpc) is 2.97. The Bertz CT molecular complexity index is 1520. The number of nitrogens with zero attached hydrogens (tertiary/aromatic N) is 1. The van der Waals surface area contributed by atoms with Gasteiger partial charge in [0.05, 0.1) is 5.56 Å². The predicted octanol–water partition coefficient (Wildman–Crippen LogP) is 6.09. The van der Waals surface area contributed by atoms with Crippen molar-refractivity contribution in [2.45, 2.75) is 50.5 Å². The van der Waals surface area contributed by atoms with Gasteiger partial charge in [0.2, 0.25) is 11.8 Å². The molecule has 0 radical (unpaired) electrons. The molecular formula is C33H32F3N3O2. The van der Waals surface area contributed by atoms with Crippen molar-refractivity contribution in [3.8, 4) is 11.1 Å². The molecule has 5 nitrogen and oxygen atoms in total. The Morgan fingerprint density at radius 3 is 2.07 bits per heavy atom. The van der Waals surface area contributed by atoms with Crippen LogP contribution < -0.4 is 11.1 Å². The molecular weight excluding hydrogens is 527 g/mol. The molecule has 1 aliphatic rings. The number of alkyl halides is 3. The van der Waals surface area contributed by atoms with Gasteiger partial charge in [-0.15, -0.1) is 0 Å². The Morgan fingerprint density at radius 2 is 1.41 bits per heavy atom. The van der Waals surface area contributed by atoms with E-state index in [4.69, 9.17) is 5.73 Å². The van der Waals surface area contributed by atoms with Crippen molar-refractivity contribution in [1.29, 1.82) is 0 Å². The molecule has 2 atom stereocenters. The number of benzene rings is 4. The van der Waals surface area contributed by atoms with Gasteiger partial charge in [-0.1, -0.05) is 78.9 Å². The van der Waals surface area contributed by atoms with E-state index in [1.807, 2.05) is 66.7 Å². The molecule has 1 fully saturated rings. The fraction of sp³-hybridized carbons (Fsp3) is 0.273. The Labute approximate surface area is 237 Å². The number of piperazine rings is 1. The SMILES string of the molecule is NCCCCC1C(=O)NC(Cc2ccc3ccccc3c2)C(=O)N1Cc1ccc(-c2ccc(C(F)(F)F)cc2)cc1. The third-order valence-electron chi connectivity index (χ3n) is 7.61. The van der Waals surface area contributed by atoms with E-state index in [-0.39, 0.29) is 18.4 Å². The van der Waals surface area contributed by atoms with Crippen LogP contribution in [0.3, 0.4) is 0 Å². The number of nitrogens with two attached hydrogens (primary N) is 1. The van der Waals surface area contributed by atoms with E-state index in [0.29, 0.717) is 24.9 Å². The number of halogens is 3. The van der Waals surface area contributed by atoms with Gasteiger partial charge in [0.1, 0.15) is 12.1 Å². The van der Waals surface area contributed by atoms with Crippen molar-refractivity contribution in [2.24, 2.45) is 5.73 Å². The maximum Gasteiger partial charge on any atom is 0.416 e. The van der Waals surface area contributed by atoms with Gasteiger partial charge in [-0.05, 0) is 71.0 Å². The maximum absolute atomic E-state index is 13.8. The fourth-order valence-electron chi connectivity index (χ4n) is 5.37. The largest absolute Gasteiger partial charge is 0.416 e. The number of nitrogens with one attached hydrogen (secondary N) is 1. The lowest BCUT2D eigenvalue weighted by Gasteiger charge is -2.39. The third-order valence-corrected chi connectivity index (χ3v) is 7.61. The van der Waals surface area contributed by atoms with E-state index in [2.05, 4.69) is 5.32 Å². The molecule has 2 unspecified atom stereocenters. The van der Waals surface area contributed by atoms with Crippen LogP contribution in [-0.4, -0.2) is 35.3 Å². The first-order valence-corrected chi connectivity index (χ1v) is 13.8. The summed E-state index contributed by atoms with van der Waals surface area (Å²) in [6.45, 7) is 0.763. The zero-order chi connectivity index (χ0) is 29.0. The molecule has 4 aromatic rings. The Hall–Kier alpha value is -4.17. The van der Waals surface area contributed by atoms with E-state index in [9.17, 15) is 22.8 Å². The molecule has 1 saturated heterocycles. The first-order valence-electron chi connectivity index (χ1n) is 13.8. The highest BCUT2D eigenvalue weighted by Crippen LogP contribution is 2.31. The van der Waals surface area contributed by atoms with E-state index in [0.717, 1.165) is 52.4 Å². The predicted molar refractivity (Wildman–Crippen MR) is 154 cm³/mol. The van der Waals surface area contributed by atoms with Gasteiger partial charge in [-0.25, -0.2) is 0 Å². The van der Waals surface area contributed by atoms with E-state index >= 15 is 0 Å². The molecule has 0 bridgehead atoms. The monoisotopic (exact) mass is 559 g/mol. The summed E-state index contributed by atoms with van der Waals surface area (Å²) in [4.78, 5) is 28.7. The van der Waals surface area contributed by atoms with Crippen LogP contribution in [0.2, 0.25) is 0 Å². The number of carbonyl (C=O) groups excluding carboxylic acids is 2. The smallest absolute Gasteiger partial charge is 0.342 e. The molecule has 0 aromatic heterocycles. The second kappa shape index (κ2) is 12.1. The van der Waals surface area contributed by atoms with Gasteiger partial charge in [-0.3, -0.25) is 9.59 Å². The number of unbranched alkanes of at least 4 members (excludes halogenated alkanes) is 1. The lowest BCUT2D eigenvalue weighted by atomic mass is 9.95. The molecule has 8 heteroatoms. The Balaban J connectivity index is 1.35. The Kier molecular flexibility index (Phi) is 8.40. The number of rotatable bonds is 9. The Morgan fingerprint density at radius 1 is 0.780 bits per heavy atom. The van der Waals surface area contributed by atoms with Crippen LogP contribution >= 0.6 is 0 Å². The third kappa shape index (κ3) is 6.60. The molecule has 212 valence electrons. The van der Waals surface area contributed by atoms with Crippen molar-refractivity contribution >= 4 is 22.6 Å². The summed E-state index contributed by atoms with van der Waals surface area (Å²) in [5.74, 6) is -0.309. The lowest BCUT2D eigenvalue weighted by molar-refractivity contribution is -0.150. The van der Waals surface area contributed by atoms with Crippen LogP contribution in [0.15, 0.2) is 91.0 Å². The van der Waals surface area contributed by atoms with Crippen molar-refractivity contribution in [3.63, 3.8) is 0 Å². The van der Waals surface area contributed by atoms with Gasteiger partial charge in [0.25, 0.3) is 0 Å². The number of hydrogen-bond donors (Lipinski definition) is 2. The van der Waals surface area contributed by atoms with Gasteiger partial charge >= 0.3 is 6.18 Å². The zero-order valence-corrected chi connectivity index (χ0v) is 22.5. The van der Waals surface area contributed by atoms with Gasteiger partial charge in [0, 0.05) is 13.0 Å². The van der Waals surface area contributed by atoms with Gasteiger partial charge in [0.15, 0.2) is 0 Å². The van der Waals surface area contributed by atoms with Crippen LogP contribution in [0.4, 0.5) is 13.2 Å². The maximum atomic E-state index is 13.8. The normalized spacial score (nSPS) is 17.6. The average molecular weight is 560 g/mol. The van der Waals surface area contributed by atoms with Crippen molar-refractivity contribution < 1.29 is 22.8 Å². The number of amides is 2. The second-order valence-corrected chi connectivity index (χ2v) is 10.5. The molecule has 2 amide bonds. The van der Waals surface area contributed by atoms with Gasteiger partial charge < -0.3 is 16.0 Å². The topological polar surface area (TPSA) is 75.4 Å². The van der Waals surface area contributed by atoms with Crippen LogP contribution in [0.5, 0.6) is 0 Å². The molecule has 0 saturated carbocycles. The summed E-state index contributed by atoms with van der Waals surface area (Å²) in [6.07, 6.45) is -2.01. The quantitative estimate of drug-likeness (QED) is 0.244. The summed E-state index contributed by atoms with van der Waals surface area (Å²) >= 11 is 0. The number of carbonyl (C=O) groups is 2. The molecule has 0 aliphatic carbocycles. The number of fused-ring (bicyclic) bond motifs is 1. The van der Waals surface area contributed by atoms with Crippen LogP contribution in [0.25, 0.3) is 21.9 Å². The van der Waals surface area contributed by atoms with Crippen LogP contribution in [0, 0.1) is 0 Å². The molecule has 1 aliphatic heterocycles. The van der Waals surface area contributed by atoms with Gasteiger partial charge in [-0.2, -0.15) is 13.2 Å². The molecule has 3 N–H and O–H groups in total. The van der Waals surface area contributed by atoms with E-state index in [1.165, 1.54) is 12.1 Å². The lowest BCUT2D eigenvalue weighted by Crippen LogP contribution is -2.63. The summed E-state index contributed by atoms with van der Waals surface area (Å²) in [7, 11) is 0. The summed E-state index contributed by atoms with van der Waals surface area (Å²) in [5, 5.41) is 5.14. The zero-order valence-electron chi connectivity index (χ0n) is 22.5. The molecule has 1 heterocycles. The van der Waals surface area contributed by atoms with Crippen LogP contribution in [-0.2, 0) is 28.7 Å². The first-order chi connectivity index (χ1) is 19.7. The minimum absolute atomic E-state index is 0.137. The molecule has 41 heavy (non-hydrogen) atoms. The van der Waals surface area contributed by atoms with E-state index < -0.39 is 23.8 Å². The molecule has 5 rings (SSSR count). The van der Waals surface area contributed by atoms with Crippen molar-refractivity contribution in [1.82, 2.24) is 10.2 Å². The molecule has 4 aromatic carbocycles. The highest BCUT2D eigenvalue weighted by molar-refractivity contribution is 5.97. The first kappa shape index (κ1) is 28.4. The van der Waals surface area contributed by atoms with Crippen LogP contribution in [0.1, 0.15) is 36.0 Å². The van der Waals surface area contributed by atoms with Crippen molar-refractivity contribution in [3.05, 3.63) is 108 Å². The minimum Gasteiger partial charge on any atom is -0.342 e. The van der Waals surface area contributed by atoms with Crippen molar-refractivity contribution in [2.75, 3.05) is 6.54 Å². The summed E-state index contributed by atoms with van der Waals surface area (Å²) in [5.41, 5.74) is 8.19. The fourth-order valence-corrected chi connectivity index (χ4v) is 5.37. The molecule has 0 spiro atoms. The minimum atomic E-state index is -4.39. The van der Waals surface area contributed by atoms with E-state index in [1.54, 1.807) is 4.90 Å². The second-order valence-electron chi connectivity index (χ2n) is 10.5. The summed E-state index contributed by atoms with van der Waals surface area (Å²) < 4.78 is 38.8. The standard InChI is InChI=1S/C33H32F3N3O2/c34-33(35,36)28-16-14-26(15-17-28)25-11-8-22(9-12-25)21-39-30(7-3-4-18-37)31(40)38-29(32(39)41)20-23-10-13-24-5-1-2-6-27(24)19-23/h1-2,5-6,8-17,19,29-30H,3-4,7,18,20-21,37H2,(H,38,40). The summed E-state index contributed by atoms with van der Waals surface area (Å²) in [6, 6.07) is 25.1. The highest BCUT2D eigenvalue weighted by atomic mass is 19.4. The highest BCUT2D eigenvalue weighted by Gasteiger charge is 2.40. The number of hydrogen-bond acceptors (Lipinski definition) is 3.